The van der Waals surface area contributed by atoms with Crippen LogP contribution in [0.3, 0.4) is 0 Å². The summed E-state index contributed by atoms with van der Waals surface area (Å²) >= 11 is 1.07. The predicted octanol–water partition coefficient (Wildman–Crippen LogP) is 2.08. The number of fused-ring (bicyclic) bond motifs is 5. The lowest BCUT2D eigenvalue weighted by molar-refractivity contribution is -0.145. The zero-order chi connectivity index (χ0) is 84.5. The molecule has 0 aliphatic carbocycles. The monoisotopic (exact) mass is 1620 g/mol. The molecule has 4 aliphatic rings. The van der Waals surface area contributed by atoms with Gasteiger partial charge in [0.25, 0.3) is 11.8 Å². The van der Waals surface area contributed by atoms with Gasteiger partial charge in [-0.15, -0.1) is 11.8 Å². The largest absolute Gasteiger partial charge is 0.497 e. The quantitative estimate of drug-likeness (QED) is 0.0336. The standard InChI is InChI=1S/C78H110N16O20S/c1-11-43(5)45(7)68-59(96)32-47-31-53-52-24-23-50(112-10)35-55(52)87-74(53)115-41-56(85-62(99)37-83-72(106)67(44(6)12-2)89-63(100)38-82-69(47)103)58(95)33-48(34-60(79)97)75(108)94-39-51(36-57(94)71(105)90-68)114-78(111)92(9)30-29-91(8)77(110)113-40-46-19-21-49(22-20-46)84-70(104)54(17-16-27-81-76(80)109)86-73(107)66(42(3)4)88-61(98)18-14-13-15-28-93-64(101)25-26-65(93)102/h19-26,35,42-45,47-48,51,54,56-57,66-68,87H,11-18,27-34,36-41H2,1-10H3,(H2,79,97)(H,82,103)(H,83,106)(H,84,104)(H,85,99)(H,86,107)(H,88,98)(H,89,100)(H,90,105)(H3,80,81,109)/t43-,44-,45-,47+,48-,51+,54-,56-,57?,66-,67-,68-/m0/s1. The molecule has 2 aromatic carbocycles. The fourth-order valence-electron chi connectivity index (χ4n) is 13.7. The first-order valence-electron chi connectivity index (χ1n) is 38.9. The van der Waals surface area contributed by atoms with Crippen LogP contribution in [-0.4, -0.2) is 240 Å². The number of nitrogens with zero attached hydrogens (tertiary/aromatic N) is 4. The summed E-state index contributed by atoms with van der Waals surface area (Å²) in [6.45, 7) is 10.5. The summed E-state index contributed by atoms with van der Waals surface area (Å²) in [7, 11) is 4.26. The Morgan fingerprint density at radius 1 is 0.713 bits per heavy atom. The highest BCUT2D eigenvalue weighted by atomic mass is 32.2. The molecule has 1 unspecified atom stereocenters. The van der Waals surface area contributed by atoms with E-state index in [9.17, 15) is 62.3 Å². The first-order valence-corrected chi connectivity index (χ1v) is 39.8. The van der Waals surface area contributed by atoms with Crippen LogP contribution in [-0.2, 0) is 89.6 Å². The molecule has 2 bridgehead atoms. The van der Waals surface area contributed by atoms with Crippen molar-refractivity contribution >= 4 is 129 Å². The van der Waals surface area contributed by atoms with Crippen LogP contribution in [0.4, 0.5) is 20.1 Å². The van der Waals surface area contributed by atoms with Gasteiger partial charge in [-0.05, 0) is 91.2 Å². The number of hydrogen-bond acceptors (Lipinski definition) is 21. The zero-order valence-electron chi connectivity index (χ0n) is 66.8. The molecule has 3 aromatic rings. The van der Waals surface area contributed by atoms with Crippen molar-refractivity contribution in [2.45, 2.75) is 186 Å². The lowest BCUT2D eigenvalue weighted by Crippen LogP contribution is -2.56. The van der Waals surface area contributed by atoms with Crippen molar-refractivity contribution in [1.29, 1.82) is 0 Å². The number of amides is 16. The number of hydrogen-bond donors (Lipinski definition) is 12. The molecular formula is C78H110N16O20S. The van der Waals surface area contributed by atoms with Crippen molar-refractivity contribution in [3.8, 4) is 5.75 Å². The Bertz CT molecular complexity index is 4100. The number of primary amides is 2. The number of aromatic nitrogens is 1. The Morgan fingerprint density at radius 3 is 2.03 bits per heavy atom. The zero-order valence-corrected chi connectivity index (χ0v) is 67.6. The van der Waals surface area contributed by atoms with Gasteiger partial charge in [0.2, 0.25) is 59.1 Å². The minimum atomic E-state index is -1.59. The van der Waals surface area contributed by atoms with E-state index >= 15 is 19.2 Å². The van der Waals surface area contributed by atoms with E-state index in [1.54, 1.807) is 65.0 Å². The number of nitrogens with one attached hydrogen (secondary N) is 10. The van der Waals surface area contributed by atoms with Crippen LogP contribution >= 0.6 is 11.8 Å². The Labute approximate surface area is 671 Å². The topological polar surface area (TPSA) is 507 Å². The minimum absolute atomic E-state index is 0.0496. The van der Waals surface area contributed by atoms with E-state index in [4.69, 9.17) is 25.7 Å². The fraction of sp³-hybridized carbons (Fsp3) is 0.577. The van der Waals surface area contributed by atoms with Crippen LogP contribution in [0.15, 0.2) is 59.6 Å². The number of benzene rings is 2. The molecule has 16 amide bonds. The molecule has 628 valence electrons. The number of anilines is 1. The van der Waals surface area contributed by atoms with Gasteiger partial charge < -0.3 is 93.2 Å². The number of imide groups is 1. The fourth-order valence-corrected chi connectivity index (χ4v) is 14.9. The molecule has 12 atom stereocenters. The average Bonchev–Trinajstić information content (AvgIpc) is 1.65. The molecule has 14 N–H and O–H groups in total. The van der Waals surface area contributed by atoms with Crippen molar-refractivity contribution in [2.24, 2.45) is 47.0 Å². The van der Waals surface area contributed by atoms with Crippen molar-refractivity contribution in [3.05, 3.63) is 65.7 Å². The Morgan fingerprint density at radius 2 is 1.38 bits per heavy atom. The van der Waals surface area contributed by atoms with Crippen LogP contribution in [0, 0.1) is 35.5 Å². The van der Waals surface area contributed by atoms with Gasteiger partial charge >= 0.3 is 18.2 Å². The number of ketones is 2. The lowest BCUT2D eigenvalue weighted by Gasteiger charge is -2.33. The van der Waals surface area contributed by atoms with Gasteiger partial charge in [-0.1, -0.05) is 79.9 Å². The van der Waals surface area contributed by atoms with Gasteiger partial charge in [0.15, 0.2) is 11.6 Å². The summed E-state index contributed by atoms with van der Waals surface area (Å²) < 4.78 is 17.1. The first-order chi connectivity index (χ1) is 54.6. The van der Waals surface area contributed by atoms with Gasteiger partial charge in [-0.25, -0.2) is 14.4 Å². The molecule has 0 saturated carbocycles. The number of unbranched alkanes of at least 4 members (excludes halogenated alkanes) is 2. The number of methoxy groups -OCH3 is 1. The molecule has 5 heterocycles. The molecule has 1 saturated heterocycles. The molecule has 7 rings (SSSR count). The van der Waals surface area contributed by atoms with Gasteiger partial charge in [0.1, 0.15) is 42.6 Å². The van der Waals surface area contributed by atoms with E-state index in [2.05, 4.69) is 52.8 Å². The highest BCUT2D eigenvalue weighted by Crippen LogP contribution is 2.37. The molecule has 1 aromatic heterocycles. The molecule has 0 spiro atoms. The third-order valence-electron chi connectivity index (χ3n) is 21.2. The van der Waals surface area contributed by atoms with E-state index in [1.807, 2.05) is 13.8 Å². The van der Waals surface area contributed by atoms with Crippen LogP contribution < -0.4 is 64.1 Å². The number of rotatable bonds is 30. The molecule has 0 radical (unpaired) electrons. The number of ether oxygens (including phenoxy) is 3. The summed E-state index contributed by atoms with van der Waals surface area (Å²) in [5, 5.41) is 25.1. The number of carbonyl (C=O) groups excluding carboxylic acids is 17. The molecule has 4 aliphatic heterocycles. The third-order valence-corrected chi connectivity index (χ3v) is 22.4. The van der Waals surface area contributed by atoms with Crippen molar-refractivity contribution in [1.82, 2.24) is 67.1 Å². The van der Waals surface area contributed by atoms with Crippen LogP contribution in [0.2, 0.25) is 0 Å². The number of Topliss-reactive ketones (excluding diaryl/α,β-unsaturated/α-hetero) is 2. The number of H-pyrrole nitrogens is 1. The highest BCUT2D eigenvalue weighted by molar-refractivity contribution is 7.99. The number of urea groups is 1. The van der Waals surface area contributed by atoms with Gasteiger partial charge in [0, 0.05) is 113 Å². The number of carbonyl (C=O) groups is 17. The number of nitrogens with two attached hydrogens (primary N) is 2. The first kappa shape index (κ1) is 91.0. The van der Waals surface area contributed by atoms with Crippen molar-refractivity contribution in [2.75, 3.05) is 78.1 Å². The Kier molecular flexibility index (Phi) is 34.3. The average molecular weight is 1620 g/mol. The smallest absolute Gasteiger partial charge is 0.409 e. The maximum absolute atomic E-state index is 15.4. The second-order valence-corrected chi connectivity index (χ2v) is 31.1. The van der Waals surface area contributed by atoms with Gasteiger partial charge in [-0.2, -0.15) is 0 Å². The second-order valence-electron chi connectivity index (χ2n) is 30.1. The minimum Gasteiger partial charge on any atom is -0.497 e. The molecule has 36 nitrogen and oxygen atoms in total. The summed E-state index contributed by atoms with van der Waals surface area (Å²) in [4.78, 5) is 241. The van der Waals surface area contributed by atoms with Crippen LogP contribution in [0.1, 0.15) is 137 Å². The molecular weight excluding hydrogens is 1510 g/mol. The lowest BCUT2D eigenvalue weighted by atomic mass is 9.81. The highest BCUT2D eigenvalue weighted by Gasteiger charge is 2.47. The predicted molar refractivity (Wildman–Crippen MR) is 420 cm³/mol. The molecule has 115 heavy (non-hydrogen) atoms. The number of aromatic amines is 1. The SMILES string of the molecule is CC[C@H](C)[C@H](C)[C@@H]1NC(=O)C2C[C@@H](OC(=O)N(C)CCN(C)C(=O)OCc3ccc(NC(=O)[C@H](CCCNC(N)=O)NC(=O)[C@@H](NC(=O)CCCCCN4C(=O)C=CC4=O)C(C)C)cc3)CN2C(=O)[C@H](CC(N)=O)CC(=O)[C@@H]2CSc3[nH]c4cc(OC)ccc4c3C[C@H](CC1=O)C(=O)NCC(=O)N[C@@H]([C@@H](C)CC)C(=O)NCC(=O)N2. The Balaban J connectivity index is 1.04. The van der Waals surface area contributed by atoms with Gasteiger partial charge in [-0.3, -0.25) is 72.0 Å². The number of likely N-dealkylation sites (N-methyl/N-ethyl adjacent to an activating group) is 2. The summed E-state index contributed by atoms with van der Waals surface area (Å²) in [5.74, 6) is -14.1. The van der Waals surface area contributed by atoms with Crippen LogP contribution in [0.25, 0.3) is 10.9 Å². The van der Waals surface area contributed by atoms with Crippen molar-refractivity contribution < 1.29 is 95.7 Å². The summed E-state index contributed by atoms with van der Waals surface area (Å²) in [6, 6.07) is 2.88. The summed E-state index contributed by atoms with van der Waals surface area (Å²) in [5.41, 5.74) is 12.9. The molecule has 37 heteroatoms. The molecule has 1 fully saturated rings. The van der Waals surface area contributed by atoms with Gasteiger partial charge in [0.05, 0.1) is 55.3 Å². The maximum atomic E-state index is 15.4. The van der Waals surface area contributed by atoms with E-state index in [0.717, 1.165) is 26.5 Å². The van der Waals surface area contributed by atoms with Crippen molar-refractivity contribution in [3.63, 3.8) is 0 Å². The third kappa shape index (κ3) is 26.5. The van der Waals surface area contributed by atoms with Crippen LogP contribution in [0.5, 0.6) is 5.75 Å². The Hall–Kier alpha value is -11.1. The second kappa shape index (κ2) is 43.4. The van der Waals surface area contributed by atoms with E-state index in [-0.39, 0.29) is 76.6 Å². The summed E-state index contributed by atoms with van der Waals surface area (Å²) in [6.07, 6.45) is -0.452. The number of thioether (sulfide) groups is 1. The normalized spacial score (nSPS) is 21.4. The maximum Gasteiger partial charge on any atom is 0.409 e. The van der Waals surface area contributed by atoms with E-state index in [0.29, 0.717) is 70.6 Å². The van der Waals surface area contributed by atoms with E-state index in [1.165, 1.54) is 50.4 Å². The van der Waals surface area contributed by atoms with E-state index < -0.39 is 212 Å².